The van der Waals surface area contributed by atoms with Crippen molar-refractivity contribution in [2.45, 2.75) is 17.9 Å². The minimum Gasteiger partial charge on any atom is -0.388 e. The lowest BCUT2D eigenvalue weighted by atomic mass is 9.97. The van der Waals surface area contributed by atoms with E-state index in [0.717, 1.165) is 0 Å². The van der Waals surface area contributed by atoms with E-state index in [-0.39, 0.29) is 9.80 Å². The first kappa shape index (κ1) is 15.5. The van der Waals surface area contributed by atoms with Crippen molar-refractivity contribution in [2.24, 2.45) is 5.92 Å². The van der Waals surface area contributed by atoms with Crippen LogP contribution in [0, 0.1) is 5.92 Å². The molecule has 21 heavy (non-hydrogen) atoms. The second-order valence-electron chi connectivity index (χ2n) is 4.93. The van der Waals surface area contributed by atoms with Gasteiger partial charge in [0.15, 0.2) is 0 Å². The zero-order valence-corrected chi connectivity index (χ0v) is 12.6. The Kier molecular flexibility index (Phi) is 4.60. The van der Waals surface area contributed by atoms with Gasteiger partial charge in [0, 0.05) is 10.8 Å². The molecule has 2 aromatic carbocycles. The Hall–Kier alpha value is -1.91. The monoisotopic (exact) mass is 302 g/mol. The summed E-state index contributed by atoms with van der Waals surface area (Å²) in [5, 5.41) is 10.3. The van der Waals surface area contributed by atoms with Crippen LogP contribution in [-0.4, -0.2) is 13.5 Å². The van der Waals surface area contributed by atoms with Crippen LogP contribution in [-0.2, 0) is 9.84 Å². The molecule has 0 amide bonds. The van der Waals surface area contributed by atoms with Crippen molar-refractivity contribution < 1.29 is 13.5 Å². The normalized spacial score (nSPS) is 14.4. The average Bonchev–Trinajstić information content (AvgIpc) is 2.54. The van der Waals surface area contributed by atoms with E-state index >= 15 is 0 Å². The number of hydrogen-bond donors (Lipinski definition) is 1. The largest absolute Gasteiger partial charge is 0.388 e. The zero-order chi connectivity index (χ0) is 15.5. The van der Waals surface area contributed by atoms with Crippen LogP contribution in [0.4, 0.5) is 0 Å². The molecule has 0 aromatic heterocycles. The highest BCUT2D eigenvalue weighted by Gasteiger charge is 2.28. The molecule has 0 heterocycles. The molecule has 2 atom stereocenters. The molecule has 2 aromatic rings. The van der Waals surface area contributed by atoms with Gasteiger partial charge in [0.2, 0.25) is 9.84 Å². The third kappa shape index (κ3) is 3.23. The van der Waals surface area contributed by atoms with Crippen LogP contribution in [0.2, 0.25) is 0 Å². The molecule has 0 radical (unpaired) electrons. The summed E-state index contributed by atoms with van der Waals surface area (Å²) in [6.45, 7) is 5.37. The molecule has 0 aliphatic heterocycles. The number of benzene rings is 2. The maximum atomic E-state index is 12.5. The third-order valence-corrected chi connectivity index (χ3v) is 5.48. The highest BCUT2D eigenvalue weighted by Crippen LogP contribution is 2.32. The SMILES string of the molecule is C=C([C@H](C)[C@@H](O)c1ccccc1)S(=O)(=O)c1ccccc1. The molecule has 0 fully saturated rings. The van der Waals surface area contributed by atoms with E-state index in [9.17, 15) is 13.5 Å². The fraction of sp³-hybridized carbons (Fsp3) is 0.176. The number of sulfone groups is 1. The maximum absolute atomic E-state index is 12.5. The van der Waals surface area contributed by atoms with Crippen LogP contribution in [0.5, 0.6) is 0 Å². The molecule has 1 N–H and O–H groups in total. The van der Waals surface area contributed by atoms with Crippen molar-refractivity contribution in [3.05, 3.63) is 77.7 Å². The van der Waals surface area contributed by atoms with Crippen LogP contribution in [0.1, 0.15) is 18.6 Å². The first-order valence-corrected chi connectivity index (χ1v) is 8.15. The van der Waals surface area contributed by atoms with E-state index in [1.54, 1.807) is 49.4 Å². The highest BCUT2D eigenvalue weighted by molar-refractivity contribution is 7.95. The van der Waals surface area contributed by atoms with Crippen LogP contribution in [0.25, 0.3) is 0 Å². The predicted octanol–water partition coefficient (Wildman–Crippen LogP) is 3.34. The molecule has 4 heteroatoms. The minimum absolute atomic E-state index is 0.0186. The first-order valence-electron chi connectivity index (χ1n) is 6.66. The summed E-state index contributed by atoms with van der Waals surface area (Å²) < 4.78 is 25.0. The van der Waals surface area contributed by atoms with Gasteiger partial charge in [-0.2, -0.15) is 0 Å². The van der Waals surface area contributed by atoms with E-state index in [0.29, 0.717) is 5.56 Å². The van der Waals surface area contributed by atoms with Crippen LogP contribution >= 0.6 is 0 Å². The zero-order valence-electron chi connectivity index (χ0n) is 11.8. The Bertz CT molecular complexity index is 706. The van der Waals surface area contributed by atoms with E-state index < -0.39 is 21.9 Å². The summed E-state index contributed by atoms with van der Waals surface area (Å²) in [7, 11) is -3.65. The average molecular weight is 302 g/mol. The van der Waals surface area contributed by atoms with Gasteiger partial charge in [0.1, 0.15) is 0 Å². The summed E-state index contributed by atoms with van der Waals surface area (Å²) in [5.74, 6) is -0.599. The summed E-state index contributed by atoms with van der Waals surface area (Å²) >= 11 is 0. The van der Waals surface area contributed by atoms with Gasteiger partial charge >= 0.3 is 0 Å². The number of hydrogen-bond acceptors (Lipinski definition) is 3. The molecule has 0 saturated carbocycles. The first-order chi connectivity index (χ1) is 9.94. The molecule has 2 rings (SSSR count). The summed E-state index contributed by atoms with van der Waals surface area (Å²) in [5.41, 5.74) is 0.675. The maximum Gasteiger partial charge on any atom is 0.202 e. The van der Waals surface area contributed by atoms with Gasteiger partial charge in [0.05, 0.1) is 11.0 Å². The molecule has 0 saturated heterocycles. The molecule has 110 valence electrons. The van der Waals surface area contributed by atoms with E-state index in [1.165, 1.54) is 12.1 Å². The van der Waals surface area contributed by atoms with Crippen LogP contribution < -0.4 is 0 Å². The van der Waals surface area contributed by atoms with Crippen molar-refractivity contribution in [3.8, 4) is 0 Å². The molecule has 0 spiro atoms. The minimum atomic E-state index is -3.65. The van der Waals surface area contributed by atoms with E-state index in [1.807, 2.05) is 6.07 Å². The van der Waals surface area contributed by atoms with Gasteiger partial charge in [-0.15, -0.1) is 0 Å². The lowest BCUT2D eigenvalue weighted by molar-refractivity contribution is 0.137. The standard InChI is InChI=1S/C17H18O3S/c1-13(17(18)15-9-5-3-6-10-15)14(2)21(19,20)16-11-7-4-8-12-16/h3-13,17-18H,2H2,1H3/t13-,17+/m0/s1. The summed E-state index contributed by atoms with van der Waals surface area (Å²) in [6.07, 6.45) is -0.905. The van der Waals surface area contributed by atoms with Crippen molar-refractivity contribution >= 4 is 9.84 Å². The molecule has 3 nitrogen and oxygen atoms in total. The Morgan fingerprint density at radius 3 is 2.00 bits per heavy atom. The van der Waals surface area contributed by atoms with E-state index in [4.69, 9.17) is 0 Å². The van der Waals surface area contributed by atoms with Crippen molar-refractivity contribution in [1.29, 1.82) is 0 Å². The molecular formula is C17H18O3S. The summed E-state index contributed by atoms with van der Waals surface area (Å²) in [6, 6.07) is 17.1. The molecule has 0 bridgehead atoms. The Labute approximate surface area is 125 Å². The quantitative estimate of drug-likeness (QED) is 0.921. The van der Waals surface area contributed by atoms with Gasteiger partial charge in [-0.3, -0.25) is 0 Å². The van der Waals surface area contributed by atoms with Crippen LogP contribution in [0.3, 0.4) is 0 Å². The molecule has 0 aliphatic rings. The van der Waals surface area contributed by atoms with Gasteiger partial charge in [0.25, 0.3) is 0 Å². The third-order valence-electron chi connectivity index (χ3n) is 3.52. The molecular weight excluding hydrogens is 284 g/mol. The van der Waals surface area contributed by atoms with Crippen molar-refractivity contribution in [1.82, 2.24) is 0 Å². The smallest absolute Gasteiger partial charge is 0.202 e. The Balaban J connectivity index is 2.28. The highest BCUT2D eigenvalue weighted by atomic mass is 32.2. The predicted molar refractivity (Wildman–Crippen MR) is 83.3 cm³/mol. The lowest BCUT2D eigenvalue weighted by Crippen LogP contribution is -2.17. The Morgan fingerprint density at radius 1 is 1.00 bits per heavy atom. The van der Waals surface area contributed by atoms with Crippen molar-refractivity contribution in [3.63, 3.8) is 0 Å². The second kappa shape index (κ2) is 6.24. The van der Waals surface area contributed by atoms with Crippen LogP contribution in [0.15, 0.2) is 77.0 Å². The topological polar surface area (TPSA) is 54.4 Å². The Morgan fingerprint density at radius 2 is 1.48 bits per heavy atom. The number of aliphatic hydroxyl groups excluding tert-OH is 1. The van der Waals surface area contributed by atoms with Gasteiger partial charge in [-0.05, 0) is 17.7 Å². The number of rotatable bonds is 5. The van der Waals surface area contributed by atoms with Gasteiger partial charge in [-0.25, -0.2) is 8.42 Å². The second-order valence-corrected chi connectivity index (χ2v) is 6.93. The molecule has 0 unspecified atom stereocenters. The van der Waals surface area contributed by atoms with Gasteiger partial charge in [-0.1, -0.05) is 62.0 Å². The lowest BCUT2D eigenvalue weighted by Gasteiger charge is -2.21. The summed E-state index contributed by atoms with van der Waals surface area (Å²) in [4.78, 5) is 0.215. The fourth-order valence-electron chi connectivity index (χ4n) is 2.11. The fourth-order valence-corrected chi connectivity index (χ4v) is 3.55. The van der Waals surface area contributed by atoms with E-state index in [2.05, 4.69) is 6.58 Å². The molecule has 0 aliphatic carbocycles. The van der Waals surface area contributed by atoms with Gasteiger partial charge < -0.3 is 5.11 Å². The number of aliphatic hydroxyl groups is 1. The van der Waals surface area contributed by atoms with Crippen molar-refractivity contribution in [2.75, 3.05) is 0 Å².